The number of carbonyl (C=O) groups excluding carboxylic acids is 1. The molecule has 1 N–H and O–H groups in total. The van der Waals surface area contributed by atoms with E-state index in [1.807, 2.05) is 12.1 Å². The molecule has 1 fully saturated rings. The number of nitrogens with zero attached hydrogens (tertiary/aromatic N) is 3. The van der Waals surface area contributed by atoms with Crippen LogP contribution in [0.3, 0.4) is 0 Å². The molecule has 0 aliphatic heterocycles. The first-order valence-electron chi connectivity index (χ1n) is 7.51. The molecule has 0 spiro atoms. The van der Waals surface area contributed by atoms with Crippen molar-refractivity contribution in [3.63, 3.8) is 0 Å². The second-order valence-electron chi connectivity index (χ2n) is 5.55. The van der Waals surface area contributed by atoms with E-state index in [9.17, 15) is 4.79 Å². The van der Waals surface area contributed by atoms with Gasteiger partial charge in [-0.2, -0.15) is 4.98 Å². The molecule has 0 atom stereocenters. The maximum Gasteiger partial charge on any atom is 0.268 e. The second kappa shape index (κ2) is 6.33. The van der Waals surface area contributed by atoms with Crippen LogP contribution >= 0.6 is 22.9 Å². The number of halogens is 1. The van der Waals surface area contributed by atoms with Crippen molar-refractivity contribution in [1.82, 2.24) is 20.4 Å². The third-order valence-electron chi connectivity index (χ3n) is 3.67. The number of rotatable bonds is 5. The smallest absolute Gasteiger partial charge is 0.268 e. The number of pyridine rings is 1. The summed E-state index contributed by atoms with van der Waals surface area (Å²) in [5.41, 5.74) is 0.484. The molecule has 6 nitrogen and oxygen atoms in total. The van der Waals surface area contributed by atoms with Crippen molar-refractivity contribution in [1.29, 1.82) is 0 Å². The molecule has 0 bridgehead atoms. The maximum atomic E-state index is 12.1. The van der Waals surface area contributed by atoms with Crippen molar-refractivity contribution in [2.45, 2.75) is 25.3 Å². The van der Waals surface area contributed by atoms with E-state index in [4.69, 9.17) is 16.1 Å². The van der Waals surface area contributed by atoms with Crippen LogP contribution in [-0.2, 0) is 6.54 Å². The van der Waals surface area contributed by atoms with Gasteiger partial charge >= 0.3 is 0 Å². The van der Waals surface area contributed by atoms with Gasteiger partial charge in [-0.3, -0.25) is 4.79 Å². The molecule has 1 aliphatic carbocycles. The molecule has 0 aromatic carbocycles. The molecule has 8 heteroatoms. The molecule has 3 aromatic heterocycles. The van der Waals surface area contributed by atoms with Crippen molar-refractivity contribution >= 4 is 28.8 Å². The van der Waals surface area contributed by atoms with Crippen molar-refractivity contribution in [3.8, 4) is 10.8 Å². The summed E-state index contributed by atoms with van der Waals surface area (Å²) in [5.74, 6) is 1.61. The summed E-state index contributed by atoms with van der Waals surface area (Å²) in [6.07, 6.45) is 3.78. The van der Waals surface area contributed by atoms with Crippen molar-refractivity contribution in [2.24, 2.45) is 0 Å². The van der Waals surface area contributed by atoms with Gasteiger partial charge in [0.15, 0.2) is 5.82 Å². The Balaban J connectivity index is 1.40. The lowest BCUT2D eigenvalue weighted by atomic mass is 10.2. The Morgan fingerprint density at radius 3 is 3.04 bits per heavy atom. The zero-order chi connectivity index (χ0) is 16.5. The lowest BCUT2D eigenvalue weighted by Gasteiger charge is -2.03. The van der Waals surface area contributed by atoms with E-state index in [1.165, 1.54) is 23.6 Å². The molecule has 4 rings (SSSR count). The molecule has 0 unspecified atom stereocenters. The van der Waals surface area contributed by atoms with Gasteiger partial charge < -0.3 is 9.84 Å². The summed E-state index contributed by atoms with van der Waals surface area (Å²) in [5, 5.41) is 7.17. The fourth-order valence-electron chi connectivity index (χ4n) is 2.24. The van der Waals surface area contributed by atoms with Crippen LogP contribution in [0.4, 0.5) is 0 Å². The second-order valence-corrected chi connectivity index (χ2v) is 7.10. The van der Waals surface area contributed by atoms with Gasteiger partial charge in [-0.15, -0.1) is 11.3 Å². The number of thiophene rings is 1. The van der Waals surface area contributed by atoms with Gasteiger partial charge in [0.25, 0.3) is 11.8 Å². The lowest BCUT2D eigenvalue weighted by Crippen LogP contribution is -2.22. The van der Waals surface area contributed by atoms with Gasteiger partial charge in [-0.1, -0.05) is 16.8 Å². The van der Waals surface area contributed by atoms with Gasteiger partial charge in [0, 0.05) is 22.6 Å². The highest BCUT2D eigenvalue weighted by Gasteiger charge is 2.29. The first kappa shape index (κ1) is 15.3. The Morgan fingerprint density at radius 1 is 1.38 bits per heavy atom. The topological polar surface area (TPSA) is 80.9 Å². The summed E-state index contributed by atoms with van der Waals surface area (Å²) in [7, 11) is 0. The SMILES string of the molecule is O=C(NCc1ccc(-c2nc(C3CC3)no2)s1)c1ccnc(Cl)c1. The van der Waals surface area contributed by atoms with E-state index >= 15 is 0 Å². The molecular weight excluding hydrogens is 348 g/mol. The minimum absolute atomic E-state index is 0.192. The van der Waals surface area contributed by atoms with Crippen LogP contribution in [0.25, 0.3) is 10.8 Å². The molecule has 1 saturated carbocycles. The Bertz CT molecular complexity index is 888. The third kappa shape index (κ3) is 3.32. The normalized spacial score (nSPS) is 13.9. The minimum Gasteiger partial charge on any atom is -0.347 e. The average Bonchev–Trinajstić information content (AvgIpc) is 3.13. The van der Waals surface area contributed by atoms with E-state index < -0.39 is 0 Å². The Hall–Kier alpha value is -2.25. The van der Waals surface area contributed by atoms with E-state index in [0.717, 1.165) is 28.4 Å². The molecule has 3 heterocycles. The number of nitrogens with one attached hydrogen (secondary N) is 1. The Morgan fingerprint density at radius 2 is 2.25 bits per heavy atom. The van der Waals surface area contributed by atoms with Crippen LogP contribution in [0.5, 0.6) is 0 Å². The molecule has 1 amide bonds. The highest BCUT2D eigenvalue weighted by molar-refractivity contribution is 7.15. The minimum atomic E-state index is -0.192. The highest BCUT2D eigenvalue weighted by atomic mass is 35.5. The number of aromatic nitrogens is 3. The zero-order valence-electron chi connectivity index (χ0n) is 12.5. The van der Waals surface area contributed by atoms with E-state index in [1.54, 1.807) is 6.07 Å². The van der Waals surface area contributed by atoms with E-state index in [2.05, 4.69) is 20.4 Å². The van der Waals surface area contributed by atoms with Gasteiger partial charge in [-0.05, 0) is 37.1 Å². The van der Waals surface area contributed by atoms with Crippen molar-refractivity contribution in [3.05, 3.63) is 51.9 Å². The zero-order valence-corrected chi connectivity index (χ0v) is 14.1. The number of hydrogen-bond donors (Lipinski definition) is 1. The highest BCUT2D eigenvalue weighted by Crippen LogP contribution is 2.39. The fraction of sp³-hybridized carbons (Fsp3) is 0.250. The summed E-state index contributed by atoms with van der Waals surface area (Å²) >= 11 is 7.32. The molecule has 1 aliphatic rings. The number of hydrogen-bond acceptors (Lipinski definition) is 6. The predicted octanol–water partition coefficient (Wildman–Crippen LogP) is 3.65. The molecule has 3 aromatic rings. The third-order valence-corrected chi connectivity index (χ3v) is 4.95. The molecule has 122 valence electrons. The van der Waals surface area contributed by atoms with Crippen LogP contribution in [0.2, 0.25) is 5.15 Å². The monoisotopic (exact) mass is 360 g/mol. The van der Waals surface area contributed by atoms with Crippen LogP contribution in [0, 0.1) is 0 Å². The van der Waals surface area contributed by atoms with Gasteiger partial charge in [0.2, 0.25) is 0 Å². The van der Waals surface area contributed by atoms with Crippen LogP contribution in [0.15, 0.2) is 35.0 Å². The van der Waals surface area contributed by atoms with Crippen LogP contribution in [-0.4, -0.2) is 21.0 Å². The molecule has 0 saturated heterocycles. The largest absolute Gasteiger partial charge is 0.347 e. The lowest BCUT2D eigenvalue weighted by molar-refractivity contribution is 0.0951. The van der Waals surface area contributed by atoms with Crippen molar-refractivity contribution < 1.29 is 9.32 Å². The number of amides is 1. The fourth-order valence-corrected chi connectivity index (χ4v) is 3.29. The summed E-state index contributed by atoms with van der Waals surface area (Å²) in [6, 6.07) is 7.04. The predicted molar refractivity (Wildman–Crippen MR) is 90.0 cm³/mol. The summed E-state index contributed by atoms with van der Waals surface area (Å²) in [4.78, 5) is 22.3. The van der Waals surface area contributed by atoms with Crippen LogP contribution < -0.4 is 5.32 Å². The molecule has 0 radical (unpaired) electrons. The maximum absolute atomic E-state index is 12.1. The van der Waals surface area contributed by atoms with Crippen LogP contribution in [0.1, 0.15) is 39.8 Å². The molecular formula is C16H13ClN4O2S. The van der Waals surface area contributed by atoms with E-state index in [0.29, 0.717) is 29.1 Å². The standard InChI is InChI=1S/C16H13ClN4O2S/c17-13-7-10(5-6-18-13)15(22)19-8-11-3-4-12(24-11)16-20-14(21-23-16)9-1-2-9/h3-7,9H,1-2,8H2,(H,19,22). The average molecular weight is 361 g/mol. The van der Waals surface area contributed by atoms with Crippen molar-refractivity contribution in [2.75, 3.05) is 0 Å². The summed E-state index contributed by atoms with van der Waals surface area (Å²) in [6.45, 7) is 0.424. The summed E-state index contributed by atoms with van der Waals surface area (Å²) < 4.78 is 5.31. The molecule has 24 heavy (non-hydrogen) atoms. The Labute approximate surface area is 146 Å². The van der Waals surface area contributed by atoms with E-state index in [-0.39, 0.29) is 5.91 Å². The van der Waals surface area contributed by atoms with Gasteiger partial charge in [-0.25, -0.2) is 4.98 Å². The first-order chi connectivity index (χ1) is 11.7. The Kier molecular flexibility index (Phi) is 4.03. The van der Waals surface area contributed by atoms with Gasteiger partial charge in [0.05, 0.1) is 11.4 Å². The quantitative estimate of drug-likeness (QED) is 0.702. The first-order valence-corrected chi connectivity index (χ1v) is 8.71. The van der Waals surface area contributed by atoms with Gasteiger partial charge in [0.1, 0.15) is 5.15 Å². The number of carbonyl (C=O) groups is 1.